The molecule has 28 heavy (non-hydrogen) atoms. The molecule has 2 aromatic heterocycles. The van der Waals surface area contributed by atoms with E-state index in [9.17, 15) is 9.59 Å². The first kappa shape index (κ1) is 19.5. The lowest BCUT2D eigenvalue weighted by atomic mass is 10.1. The summed E-state index contributed by atoms with van der Waals surface area (Å²) in [6, 6.07) is 10.9. The van der Waals surface area contributed by atoms with Crippen LogP contribution in [0.4, 0.5) is 0 Å². The highest BCUT2D eigenvalue weighted by Crippen LogP contribution is 2.16. The Hall–Kier alpha value is -3.22. The van der Waals surface area contributed by atoms with Crippen molar-refractivity contribution in [1.82, 2.24) is 20.1 Å². The summed E-state index contributed by atoms with van der Waals surface area (Å²) >= 11 is 0. The van der Waals surface area contributed by atoms with Crippen molar-refractivity contribution in [3.63, 3.8) is 0 Å². The predicted octanol–water partition coefficient (Wildman–Crippen LogP) is 2.37. The van der Waals surface area contributed by atoms with Gasteiger partial charge in [-0.1, -0.05) is 37.6 Å². The molecule has 1 N–H and O–H groups in total. The maximum Gasteiger partial charge on any atom is 0.274 e. The van der Waals surface area contributed by atoms with E-state index in [4.69, 9.17) is 4.74 Å². The number of aryl methyl sites for hydroxylation is 1. The molecule has 7 nitrogen and oxygen atoms in total. The molecular weight excluding hydrogens is 356 g/mol. The Morgan fingerprint density at radius 2 is 1.96 bits per heavy atom. The van der Waals surface area contributed by atoms with Crippen LogP contribution in [0.2, 0.25) is 0 Å². The summed E-state index contributed by atoms with van der Waals surface area (Å²) in [7, 11) is 1.59. The Balaban J connectivity index is 1.70. The van der Waals surface area contributed by atoms with Gasteiger partial charge in [-0.3, -0.25) is 9.59 Å². The molecule has 0 atom stereocenters. The van der Waals surface area contributed by atoms with Gasteiger partial charge in [-0.25, -0.2) is 9.67 Å². The number of carbonyl (C=O) groups excluding carboxylic acids is 1. The molecule has 0 fully saturated rings. The van der Waals surface area contributed by atoms with E-state index in [0.29, 0.717) is 35.5 Å². The zero-order valence-electron chi connectivity index (χ0n) is 16.1. The Morgan fingerprint density at radius 3 is 2.75 bits per heavy atom. The molecule has 0 radical (unpaired) electrons. The number of carbonyl (C=O) groups is 1. The minimum Gasteiger partial charge on any atom is -0.477 e. The number of amides is 1. The van der Waals surface area contributed by atoms with Crippen LogP contribution >= 0.6 is 0 Å². The van der Waals surface area contributed by atoms with Gasteiger partial charge in [0.2, 0.25) is 11.8 Å². The third kappa shape index (κ3) is 4.54. The van der Waals surface area contributed by atoms with E-state index >= 15 is 0 Å². The van der Waals surface area contributed by atoms with E-state index in [-0.39, 0.29) is 17.9 Å². The van der Waals surface area contributed by atoms with Crippen molar-refractivity contribution in [3.8, 4) is 5.88 Å². The van der Waals surface area contributed by atoms with Gasteiger partial charge < -0.3 is 10.1 Å². The molecule has 0 saturated carbocycles. The fraction of sp³-hybridized carbons (Fsp3) is 0.333. The largest absolute Gasteiger partial charge is 0.477 e. The van der Waals surface area contributed by atoms with Gasteiger partial charge in [0, 0.05) is 30.7 Å². The summed E-state index contributed by atoms with van der Waals surface area (Å²) in [5.41, 5.74) is 1.22. The van der Waals surface area contributed by atoms with Crippen molar-refractivity contribution in [2.45, 2.75) is 32.7 Å². The summed E-state index contributed by atoms with van der Waals surface area (Å²) in [4.78, 5) is 28.9. The van der Waals surface area contributed by atoms with Crippen LogP contribution in [0.25, 0.3) is 10.8 Å². The molecule has 3 rings (SSSR count). The maximum absolute atomic E-state index is 12.5. The molecule has 0 bridgehead atoms. The summed E-state index contributed by atoms with van der Waals surface area (Å²) in [6.45, 7) is 3.01. The molecule has 3 aromatic rings. The number of ether oxygens (including phenoxy) is 1. The fourth-order valence-corrected chi connectivity index (χ4v) is 2.92. The molecule has 7 heteroatoms. The highest BCUT2D eigenvalue weighted by atomic mass is 16.5. The number of aromatic nitrogens is 3. The lowest BCUT2D eigenvalue weighted by Gasteiger charge is -2.11. The zero-order valence-corrected chi connectivity index (χ0v) is 16.1. The van der Waals surface area contributed by atoms with Crippen LogP contribution < -0.4 is 15.6 Å². The van der Waals surface area contributed by atoms with Crippen molar-refractivity contribution >= 4 is 16.7 Å². The first-order chi connectivity index (χ1) is 13.6. The van der Waals surface area contributed by atoms with Crippen molar-refractivity contribution < 1.29 is 9.53 Å². The number of hydrogen-bond donors (Lipinski definition) is 1. The van der Waals surface area contributed by atoms with Gasteiger partial charge in [0.25, 0.3) is 5.56 Å². The highest BCUT2D eigenvalue weighted by molar-refractivity contribution is 5.88. The van der Waals surface area contributed by atoms with Crippen molar-refractivity contribution in [2.75, 3.05) is 6.61 Å². The topological polar surface area (TPSA) is 86.1 Å². The monoisotopic (exact) mass is 380 g/mol. The van der Waals surface area contributed by atoms with Crippen LogP contribution in [0.5, 0.6) is 5.88 Å². The molecule has 1 aromatic carbocycles. The first-order valence-electron chi connectivity index (χ1n) is 9.38. The first-order valence-corrected chi connectivity index (χ1v) is 9.38. The van der Waals surface area contributed by atoms with Crippen molar-refractivity contribution in [2.24, 2.45) is 7.05 Å². The number of hydrogen-bond acceptors (Lipinski definition) is 5. The number of fused-ring (bicyclic) bond motifs is 1. The zero-order chi connectivity index (χ0) is 19.9. The lowest BCUT2D eigenvalue weighted by Crippen LogP contribution is -2.28. The number of rotatable bonds is 8. The number of nitrogens with one attached hydrogen (secondary N) is 1. The third-order valence-corrected chi connectivity index (χ3v) is 4.42. The van der Waals surface area contributed by atoms with Gasteiger partial charge in [-0.2, -0.15) is 5.10 Å². The normalized spacial score (nSPS) is 10.8. The molecule has 0 unspecified atom stereocenters. The molecule has 0 aliphatic rings. The molecule has 0 saturated heterocycles. The third-order valence-electron chi connectivity index (χ3n) is 4.42. The molecule has 0 aliphatic heterocycles. The van der Waals surface area contributed by atoms with Crippen LogP contribution in [0.3, 0.4) is 0 Å². The highest BCUT2D eigenvalue weighted by Gasteiger charge is 2.13. The second-order valence-electron chi connectivity index (χ2n) is 6.54. The minimum atomic E-state index is -0.181. The van der Waals surface area contributed by atoms with E-state index in [0.717, 1.165) is 18.4 Å². The molecule has 1 amide bonds. The van der Waals surface area contributed by atoms with E-state index < -0.39 is 0 Å². The number of pyridine rings is 1. The van der Waals surface area contributed by atoms with Crippen LogP contribution in [-0.4, -0.2) is 27.3 Å². The van der Waals surface area contributed by atoms with Crippen LogP contribution in [0, 0.1) is 0 Å². The Labute approximate surface area is 163 Å². The summed E-state index contributed by atoms with van der Waals surface area (Å²) < 4.78 is 6.97. The van der Waals surface area contributed by atoms with E-state index in [2.05, 4.69) is 22.3 Å². The van der Waals surface area contributed by atoms with Crippen LogP contribution in [0.15, 0.2) is 47.4 Å². The van der Waals surface area contributed by atoms with Crippen molar-refractivity contribution in [1.29, 1.82) is 0 Å². The second kappa shape index (κ2) is 9.12. The summed E-state index contributed by atoms with van der Waals surface area (Å²) in [5.74, 6) is 0.363. The molecular formula is C21H24N4O3. The van der Waals surface area contributed by atoms with E-state index in [1.54, 1.807) is 25.4 Å². The SMILES string of the molecule is CCCCOc1ncccc1CNC(=O)Cc1nn(C)c(=O)c2ccccc12. The van der Waals surface area contributed by atoms with Gasteiger partial charge in [-0.15, -0.1) is 0 Å². The molecule has 0 aliphatic carbocycles. The van der Waals surface area contributed by atoms with Gasteiger partial charge in [0.1, 0.15) is 0 Å². The number of benzene rings is 1. The predicted molar refractivity (Wildman–Crippen MR) is 107 cm³/mol. The Morgan fingerprint density at radius 1 is 1.18 bits per heavy atom. The van der Waals surface area contributed by atoms with Crippen molar-refractivity contribution in [3.05, 3.63) is 64.2 Å². The summed E-state index contributed by atoms with van der Waals surface area (Å²) in [5, 5.41) is 8.42. The van der Waals surface area contributed by atoms with Gasteiger partial charge in [0.15, 0.2) is 0 Å². The molecule has 2 heterocycles. The molecule has 146 valence electrons. The smallest absolute Gasteiger partial charge is 0.274 e. The minimum absolute atomic E-state index is 0.0842. The quantitative estimate of drug-likeness (QED) is 0.607. The number of unbranched alkanes of at least 4 members (excludes halogenated alkanes) is 1. The maximum atomic E-state index is 12.5. The van der Waals surface area contributed by atoms with Gasteiger partial charge in [0.05, 0.1) is 24.1 Å². The Bertz CT molecular complexity index is 1030. The van der Waals surface area contributed by atoms with Gasteiger partial charge in [-0.05, 0) is 18.6 Å². The standard InChI is InChI=1S/C21H24N4O3/c1-3-4-12-28-20-15(8-7-11-22-20)14-23-19(26)13-18-16-9-5-6-10-17(16)21(27)25(2)24-18/h5-11H,3-4,12-14H2,1-2H3,(H,23,26). The average Bonchev–Trinajstić information content (AvgIpc) is 2.71. The average molecular weight is 380 g/mol. The Kier molecular flexibility index (Phi) is 6.37. The van der Waals surface area contributed by atoms with Gasteiger partial charge >= 0.3 is 0 Å². The second-order valence-corrected chi connectivity index (χ2v) is 6.54. The lowest BCUT2D eigenvalue weighted by molar-refractivity contribution is -0.120. The van der Waals surface area contributed by atoms with E-state index in [1.807, 2.05) is 24.3 Å². The van der Waals surface area contributed by atoms with Crippen LogP contribution in [-0.2, 0) is 24.8 Å². The van der Waals surface area contributed by atoms with E-state index in [1.165, 1.54) is 4.68 Å². The fourth-order valence-electron chi connectivity index (χ4n) is 2.92. The molecule has 0 spiro atoms. The van der Waals surface area contributed by atoms with Crippen LogP contribution in [0.1, 0.15) is 31.0 Å². The number of nitrogens with zero attached hydrogens (tertiary/aromatic N) is 3. The summed E-state index contributed by atoms with van der Waals surface area (Å²) in [6.07, 6.45) is 3.75.